The van der Waals surface area contributed by atoms with E-state index in [-0.39, 0.29) is 24.8 Å². The van der Waals surface area contributed by atoms with Crippen molar-refractivity contribution in [2.24, 2.45) is 0 Å². The first-order chi connectivity index (χ1) is 17.0. The van der Waals surface area contributed by atoms with Crippen molar-refractivity contribution in [3.63, 3.8) is 0 Å². The molecule has 0 saturated carbocycles. The fourth-order valence-electron chi connectivity index (χ4n) is 5.88. The Morgan fingerprint density at radius 3 is 2.11 bits per heavy atom. The molecule has 0 bridgehead atoms. The summed E-state index contributed by atoms with van der Waals surface area (Å²) in [7, 11) is -3.20. The Morgan fingerprint density at radius 1 is 0.816 bits per heavy atom. The number of halogens is 2. The molecular formula is C32H37Cl2OSi2Zr. The minimum Gasteiger partial charge on any atom is -1.00 e. The molecule has 0 aliphatic heterocycles. The molecule has 6 heteroatoms. The second-order valence-electron chi connectivity index (χ2n) is 12.1. The molecule has 1 atom stereocenters. The molecule has 2 aliphatic carbocycles. The van der Waals surface area contributed by atoms with Crippen LogP contribution in [0.1, 0.15) is 42.0 Å². The predicted octanol–water partition coefficient (Wildman–Crippen LogP) is 0.817. The fraction of sp³-hybridized carbons (Fsp3) is 0.312. The van der Waals surface area contributed by atoms with E-state index < -0.39 is 16.4 Å². The summed E-state index contributed by atoms with van der Waals surface area (Å²) < 4.78 is 7.83. The molecule has 3 aromatic carbocycles. The monoisotopic (exact) mass is 653 g/mol. The first-order valence-electron chi connectivity index (χ1n) is 13.1. The summed E-state index contributed by atoms with van der Waals surface area (Å²) in [5, 5.41) is 7.26. The van der Waals surface area contributed by atoms with Crippen LogP contribution in [0.25, 0.3) is 14.1 Å². The standard InChI is InChI=1S/C32H37OSi2.2ClH.Zr/c1-22(2)24-16-17-27-25-13-9-8-12-23(25)20-29(27)32(24)30-21-31(28-15-11-10-14-26(28)30)35(6,7)19-18-33-34(3,4)5;;;/h8-17,21,30H,18-19H2,1-7H3;2*1H;/q;;;+2/p-2. The van der Waals surface area contributed by atoms with Gasteiger partial charge in [0.1, 0.15) is 0 Å². The minimum atomic E-state index is -1.70. The molecule has 0 aromatic heterocycles. The molecule has 1 nitrogen and oxygen atoms in total. The molecule has 0 fully saturated rings. The van der Waals surface area contributed by atoms with Crippen molar-refractivity contribution in [1.29, 1.82) is 0 Å². The molecule has 0 saturated heterocycles. The predicted molar refractivity (Wildman–Crippen MR) is 155 cm³/mol. The minimum absolute atomic E-state index is 0. The third-order valence-corrected chi connectivity index (χ3v) is 13.4. The molecule has 0 amide bonds. The Balaban J connectivity index is 0.00000200. The van der Waals surface area contributed by atoms with Gasteiger partial charge in [-0.3, -0.25) is 0 Å². The zero-order chi connectivity index (χ0) is 25.8. The van der Waals surface area contributed by atoms with Gasteiger partial charge in [-0.1, -0.05) is 0 Å². The number of fused-ring (bicyclic) bond motifs is 3. The van der Waals surface area contributed by atoms with E-state index in [4.69, 9.17) is 4.43 Å². The number of allylic oxidation sites excluding steroid dienone is 1. The third-order valence-electron chi connectivity index (χ3n) is 7.74. The van der Waals surface area contributed by atoms with Crippen molar-refractivity contribution in [3.05, 3.63) is 110 Å². The van der Waals surface area contributed by atoms with Crippen LogP contribution in [0, 0.1) is 10.4 Å². The smallest absolute Gasteiger partial charge is 1.00 e. The molecule has 0 N–H and O–H groups in total. The van der Waals surface area contributed by atoms with Crippen LogP contribution in [-0.4, -0.2) is 23.0 Å². The van der Waals surface area contributed by atoms with E-state index in [9.17, 15) is 0 Å². The molecule has 197 valence electrons. The quantitative estimate of drug-likeness (QED) is 0.358. The van der Waals surface area contributed by atoms with Crippen LogP contribution in [0.2, 0.25) is 38.8 Å². The van der Waals surface area contributed by atoms with E-state index in [1.807, 2.05) is 0 Å². The molecule has 0 radical (unpaired) electrons. The van der Waals surface area contributed by atoms with Gasteiger partial charge in [0.2, 0.25) is 0 Å². The average Bonchev–Trinajstić information content (AvgIpc) is 3.35. The van der Waals surface area contributed by atoms with E-state index in [2.05, 4.69) is 113 Å². The summed E-state index contributed by atoms with van der Waals surface area (Å²) in [6.45, 7) is 17.4. The molecule has 0 spiro atoms. The Bertz CT molecular complexity index is 1620. The van der Waals surface area contributed by atoms with Crippen LogP contribution in [0.5, 0.6) is 0 Å². The van der Waals surface area contributed by atoms with Crippen LogP contribution in [0.15, 0.2) is 66.7 Å². The van der Waals surface area contributed by atoms with Crippen molar-refractivity contribution < 1.29 is 54.0 Å². The van der Waals surface area contributed by atoms with E-state index in [0.717, 1.165) is 6.61 Å². The van der Waals surface area contributed by atoms with Crippen LogP contribution in [0.3, 0.4) is 0 Å². The summed E-state index contributed by atoms with van der Waals surface area (Å²) >= 11 is 1.49. The molecule has 0 heterocycles. The second kappa shape index (κ2) is 11.8. The maximum atomic E-state index is 6.33. The van der Waals surface area contributed by atoms with Gasteiger partial charge >= 0.3 is 235 Å². The van der Waals surface area contributed by atoms with Crippen molar-refractivity contribution >= 4 is 30.4 Å². The topological polar surface area (TPSA) is 9.23 Å². The van der Waals surface area contributed by atoms with E-state index >= 15 is 0 Å². The fourth-order valence-corrected chi connectivity index (χ4v) is 10.5. The van der Waals surface area contributed by atoms with Gasteiger partial charge in [0.05, 0.1) is 0 Å². The summed E-state index contributed by atoms with van der Waals surface area (Å²) in [5.41, 5.74) is 7.36. The maximum absolute atomic E-state index is 6.33. The van der Waals surface area contributed by atoms with Gasteiger partial charge in [-0.15, -0.1) is 0 Å². The third kappa shape index (κ3) is 5.73. The van der Waals surface area contributed by atoms with Crippen molar-refractivity contribution in [3.8, 4) is 0 Å². The van der Waals surface area contributed by atoms with Crippen molar-refractivity contribution in [2.75, 3.05) is 6.61 Å². The SMILES string of the molecule is CC(C)=c1ccc2c(c1C1C=C([Si](C)(C)CCO[Si](C)(C)C)c3ccccc31)[C]([Zr+2])=c1ccccc1=2.[Cl-].[Cl-]. The first kappa shape index (κ1) is 31.5. The van der Waals surface area contributed by atoms with Crippen LogP contribution < -0.4 is 35.3 Å². The summed E-state index contributed by atoms with van der Waals surface area (Å²) in [6, 6.07) is 24.1. The molecule has 2 aliphatic rings. The molecule has 1 unspecified atom stereocenters. The molecule has 5 rings (SSSR count). The van der Waals surface area contributed by atoms with E-state index in [0.29, 0.717) is 5.92 Å². The zero-order valence-electron chi connectivity index (χ0n) is 23.5. The summed E-state index contributed by atoms with van der Waals surface area (Å²) in [5.74, 6) is 0.297. The van der Waals surface area contributed by atoms with Gasteiger partial charge in [-0.25, -0.2) is 0 Å². The van der Waals surface area contributed by atoms with Gasteiger partial charge in [-0.2, -0.15) is 0 Å². The van der Waals surface area contributed by atoms with Crippen LogP contribution in [-0.2, 0) is 29.1 Å². The van der Waals surface area contributed by atoms with Crippen LogP contribution in [0.4, 0.5) is 0 Å². The van der Waals surface area contributed by atoms with Gasteiger partial charge in [0, 0.05) is 0 Å². The maximum Gasteiger partial charge on any atom is -1.00 e. The van der Waals surface area contributed by atoms with Crippen molar-refractivity contribution in [1.82, 2.24) is 0 Å². The Kier molecular flexibility index (Phi) is 9.83. The van der Waals surface area contributed by atoms with Gasteiger partial charge in [0.15, 0.2) is 0 Å². The second-order valence-corrected chi connectivity index (χ2v) is 22.7. The number of rotatable bonds is 6. The summed E-state index contributed by atoms with van der Waals surface area (Å²) in [4.78, 5) is 0. The summed E-state index contributed by atoms with van der Waals surface area (Å²) in [6.07, 6.45) is 2.65. The Morgan fingerprint density at radius 2 is 1.45 bits per heavy atom. The normalized spacial score (nSPS) is 15.7. The van der Waals surface area contributed by atoms with Gasteiger partial charge < -0.3 is 24.8 Å². The Hall–Kier alpha value is -1.00. The molecule has 38 heavy (non-hydrogen) atoms. The molecule has 3 aromatic rings. The first-order valence-corrected chi connectivity index (χ1v) is 21.0. The number of hydrogen-bond acceptors (Lipinski definition) is 1. The van der Waals surface area contributed by atoms with Gasteiger partial charge in [-0.05, 0) is 0 Å². The Labute approximate surface area is 257 Å². The zero-order valence-corrected chi connectivity index (χ0v) is 29.5. The van der Waals surface area contributed by atoms with Gasteiger partial charge in [0.25, 0.3) is 0 Å². The van der Waals surface area contributed by atoms with E-state index in [1.165, 1.54) is 82.7 Å². The van der Waals surface area contributed by atoms with E-state index in [1.54, 1.807) is 5.20 Å². The van der Waals surface area contributed by atoms with Crippen LogP contribution >= 0.6 is 0 Å². The van der Waals surface area contributed by atoms with Crippen molar-refractivity contribution in [2.45, 2.75) is 58.5 Å². The number of hydrogen-bond donors (Lipinski definition) is 0. The number of benzene rings is 3. The average molecular weight is 656 g/mol. The molecular weight excluding hydrogens is 619 g/mol. The largest absolute Gasteiger partial charge is 1.00 e.